The van der Waals surface area contributed by atoms with E-state index in [4.69, 9.17) is 4.74 Å². The number of hydrogen-bond acceptors (Lipinski definition) is 4. The van der Waals surface area contributed by atoms with E-state index in [0.29, 0.717) is 6.04 Å². The SMILES string of the molecule is CCOC1CC(N(C)C(=O)C2CSCN2)C1(C)C.Cl. The Morgan fingerprint density at radius 3 is 2.68 bits per heavy atom. The number of carbonyl (C=O) groups excluding carboxylic acids is 1. The molecular weight excluding hydrogens is 284 g/mol. The summed E-state index contributed by atoms with van der Waals surface area (Å²) in [5, 5.41) is 3.24. The summed E-state index contributed by atoms with van der Waals surface area (Å²) in [6, 6.07) is 0.302. The van der Waals surface area contributed by atoms with Crippen molar-refractivity contribution in [3.63, 3.8) is 0 Å². The molecule has 1 N–H and O–H groups in total. The van der Waals surface area contributed by atoms with Crippen LogP contribution in [0.15, 0.2) is 0 Å². The van der Waals surface area contributed by atoms with Crippen molar-refractivity contribution in [3.8, 4) is 0 Å². The number of nitrogens with one attached hydrogen (secondary N) is 1. The van der Waals surface area contributed by atoms with E-state index in [9.17, 15) is 4.79 Å². The molecule has 0 aromatic heterocycles. The Balaban J connectivity index is 0.00000180. The number of thioether (sulfide) groups is 1. The van der Waals surface area contributed by atoms with E-state index in [1.165, 1.54) is 0 Å². The molecule has 19 heavy (non-hydrogen) atoms. The van der Waals surface area contributed by atoms with E-state index < -0.39 is 0 Å². The van der Waals surface area contributed by atoms with Gasteiger partial charge in [-0.25, -0.2) is 0 Å². The summed E-state index contributed by atoms with van der Waals surface area (Å²) in [7, 11) is 1.93. The zero-order chi connectivity index (χ0) is 13.3. The number of nitrogens with zero attached hydrogens (tertiary/aromatic N) is 1. The van der Waals surface area contributed by atoms with Crippen LogP contribution in [0.2, 0.25) is 0 Å². The van der Waals surface area contributed by atoms with Gasteiger partial charge in [-0.05, 0) is 13.3 Å². The van der Waals surface area contributed by atoms with Crippen molar-refractivity contribution >= 4 is 30.1 Å². The molecule has 1 aliphatic heterocycles. The third kappa shape index (κ3) is 3.20. The van der Waals surface area contributed by atoms with E-state index in [1.807, 2.05) is 18.9 Å². The largest absolute Gasteiger partial charge is 0.378 e. The first kappa shape index (κ1) is 17.1. The van der Waals surface area contributed by atoms with E-state index in [1.54, 1.807) is 11.8 Å². The second kappa shape index (κ2) is 6.66. The molecule has 4 nitrogen and oxygen atoms in total. The van der Waals surface area contributed by atoms with Gasteiger partial charge in [0.1, 0.15) is 0 Å². The first-order valence-electron chi connectivity index (χ1n) is 6.67. The molecule has 1 aliphatic carbocycles. The van der Waals surface area contributed by atoms with Crippen LogP contribution in [-0.4, -0.2) is 54.3 Å². The van der Waals surface area contributed by atoms with Gasteiger partial charge in [-0.15, -0.1) is 24.2 Å². The first-order valence-corrected chi connectivity index (χ1v) is 7.83. The van der Waals surface area contributed by atoms with E-state index >= 15 is 0 Å². The number of carbonyl (C=O) groups is 1. The fourth-order valence-corrected chi connectivity index (χ4v) is 3.89. The van der Waals surface area contributed by atoms with Crippen molar-refractivity contribution in [2.45, 2.75) is 45.4 Å². The van der Waals surface area contributed by atoms with Crippen LogP contribution in [0.3, 0.4) is 0 Å². The fourth-order valence-electron chi connectivity index (χ4n) is 2.96. The molecule has 1 amide bonds. The molecule has 0 spiro atoms. The molecule has 6 heteroatoms. The average molecular weight is 309 g/mol. The van der Waals surface area contributed by atoms with Crippen molar-refractivity contribution in [2.24, 2.45) is 5.41 Å². The quantitative estimate of drug-likeness (QED) is 0.859. The third-order valence-corrected chi connectivity index (χ3v) is 5.26. The maximum absolute atomic E-state index is 12.3. The molecule has 112 valence electrons. The van der Waals surface area contributed by atoms with Gasteiger partial charge in [-0.3, -0.25) is 10.1 Å². The third-order valence-electron chi connectivity index (χ3n) is 4.32. The first-order chi connectivity index (χ1) is 8.48. The summed E-state index contributed by atoms with van der Waals surface area (Å²) in [4.78, 5) is 14.3. The highest BCUT2D eigenvalue weighted by atomic mass is 35.5. The number of amides is 1. The molecule has 0 bridgehead atoms. The fraction of sp³-hybridized carbons (Fsp3) is 0.923. The molecule has 3 unspecified atom stereocenters. The van der Waals surface area contributed by atoms with E-state index in [2.05, 4.69) is 19.2 Å². The zero-order valence-electron chi connectivity index (χ0n) is 12.1. The Bertz CT molecular complexity index is 322. The van der Waals surface area contributed by atoms with Gasteiger partial charge >= 0.3 is 0 Å². The zero-order valence-corrected chi connectivity index (χ0v) is 13.8. The van der Waals surface area contributed by atoms with Crippen LogP contribution in [-0.2, 0) is 9.53 Å². The van der Waals surface area contributed by atoms with Gasteiger partial charge in [0.05, 0.1) is 12.1 Å². The van der Waals surface area contributed by atoms with Gasteiger partial charge in [-0.1, -0.05) is 13.8 Å². The lowest BCUT2D eigenvalue weighted by Gasteiger charge is -2.55. The van der Waals surface area contributed by atoms with Crippen LogP contribution in [0.1, 0.15) is 27.2 Å². The highest BCUT2D eigenvalue weighted by Crippen LogP contribution is 2.45. The highest BCUT2D eigenvalue weighted by molar-refractivity contribution is 7.99. The number of ether oxygens (including phenoxy) is 1. The van der Waals surface area contributed by atoms with Gasteiger partial charge < -0.3 is 9.64 Å². The molecule has 1 saturated heterocycles. The number of hydrogen-bond donors (Lipinski definition) is 1. The number of rotatable bonds is 4. The van der Waals surface area contributed by atoms with Crippen LogP contribution in [0.25, 0.3) is 0 Å². The van der Waals surface area contributed by atoms with Crippen LogP contribution < -0.4 is 5.32 Å². The smallest absolute Gasteiger partial charge is 0.240 e. The van der Waals surface area contributed by atoms with Crippen LogP contribution in [0.4, 0.5) is 0 Å². The number of halogens is 1. The normalized spacial score (nSPS) is 32.3. The number of likely N-dealkylation sites (N-methyl/N-ethyl adjacent to an activating group) is 1. The Morgan fingerprint density at radius 2 is 2.21 bits per heavy atom. The summed E-state index contributed by atoms with van der Waals surface area (Å²) in [6.07, 6.45) is 1.25. The standard InChI is InChI=1S/C13H24N2O2S.ClH/c1-5-17-11-6-10(13(11,2)3)15(4)12(16)9-7-18-8-14-9;/h9-11,14H,5-8H2,1-4H3;1H. The maximum atomic E-state index is 12.3. The average Bonchev–Trinajstić information content (AvgIpc) is 2.86. The predicted molar refractivity (Wildman–Crippen MR) is 81.9 cm³/mol. The molecule has 2 aliphatic rings. The molecule has 0 aromatic rings. The van der Waals surface area contributed by atoms with E-state index in [0.717, 1.165) is 24.7 Å². The van der Waals surface area contributed by atoms with Crippen LogP contribution in [0, 0.1) is 5.41 Å². The van der Waals surface area contributed by atoms with Crippen molar-refractivity contribution in [1.82, 2.24) is 10.2 Å². The predicted octanol–water partition coefficient (Wildman–Crippen LogP) is 1.73. The van der Waals surface area contributed by atoms with Crippen LogP contribution in [0.5, 0.6) is 0 Å². The molecule has 1 heterocycles. The lowest BCUT2D eigenvalue weighted by Crippen LogP contribution is -2.64. The Kier molecular flexibility index (Phi) is 5.98. The van der Waals surface area contributed by atoms with Gasteiger partial charge in [-0.2, -0.15) is 0 Å². The van der Waals surface area contributed by atoms with Crippen molar-refractivity contribution in [3.05, 3.63) is 0 Å². The molecular formula is C13H25ClN2O2S. The lowest BCUT2D eigenvalue weighted by molar-refractivity contribution is -0.164. The molecule has 2 fully saturated rings. The second-order valence-corrected chi connectivity index (χ2v) is 6.77. The van der Waals surface area contributed by atoms with Crippen LogP contribution >= 0.6 is 24.2 Å². The summed E-state index contributed by atoms with van der Waals surface area (Å²) in [5.41, 5.74) is 0.0617. The monoisotopic (exact) mass is 308 g/mol. The second-order valence-electron chi connectivity index (χ2n) is 5.74. The molecule has 1 saturated carbocycles. The van der Waals surface area contributed by atoms with Gasteiger partial charge in [0, 0.05) is 36.7 Å². The molecule has 3 atom stereocenters. The minimum absolute atomic E-state index is 0. The van der Waals surface area contributed by atoms with E-state index in [-0.39, 0.29) is 35.9 Å². The van der Waals surface area contributed by atoms with Crippen molar-refractivity contribution in [2.75, 3.05) is 25.3 Å². The van der Waals surface area contributed by atoms with Gasteiger partial charge in [0.2, 0.25) is 5.91 Å². The Hall–Kier alpha value is 0.0300. The molecule has 0 radical (unpaired) electrons. The molecule has 0 aromatic carbocycles. The van der Waals surface area contributed by atoms with Crippen molar-refractivity contribution < 1.29 is 9.53 Å². The maximum Gasteiger partial charge on any atom is 0.240 e. The Morgan fingerprint density at radius 1 is 1.53 bits per heavy atom. The summed E-state index contributed by atoms with van der Waals surface area (Å²) in [6.45, 7) is 7.17. The Labute approximate surface area is 126 Å². The van der Waals surface area contributed by atoms with Gasteiger partial charge in [0.25, 0.3) is 0 Å². The summed E-state index contributed by atoms with van der Waals surface area (Å²) < 4.78 is 5.72. The van der Waals surface area contributed by atoms with Gasteiger partial charge in [0.15, 0.2) is 0 Å². The topological polar surface area (TPSA) is 41.6 Å². The lowest BCUT2D eigenvalue weighted by atomic mass is 9.63. The summed E-state index contributed by atoms with van der Waals surface area (Å²) >= 11 is 1.79. The highest BCUT2D eigenvalue weighted by Gasteiger charge is 2.52. The minimum atomic E-state index is 0. The summed E-state index contributed by atoms with van der Waals surface area (Å²) in [5.74, 6) is 2.01. The van der Waals surface area contributed by atoms with Crippen molar-refractivity contribution in [1.29, 1.82) is 0 Å². The molecule has 2 rings (SSSR count). The minimum Gasteiger partial charge on any atom is -0.378 e.